The summed E-state index contributed by atoms with van der Waals surface area (Å²) in [5.41, 5.74) is 0. The molecule has 0 amide bonds. The maximum Gasteiger partial charge on any atom is 0.0540 e. The van der Waals surface area contributed by atoms with E-state index in [9.17, 15) is 5.11 Å². The van der Waals surface area contributed by atoms with E-state index in [1.165, 1.54) is 0 Å². The average Bonchev–Trinajstić information content (AvgIpc) is 2.00. The first-order valence-corrected chi connectivity index (χ1v) is 4.49. The molecule has 1 nitrogen and oxygen atoms in total. The van der Waals surface area contributed by atoms with Gasteiger partial charge in [0.15, 0.2) is 0 Å². The molecule has 0 bridgehead atoms. The van der Waals surface area contributed by atoms with Gasteiger partial charge in [-0.2, -0.15) is 0 Å². The molecule has 0 spiro atoms. The van der Waals surface area contributed by atoms with E-state index in [0.717, 1.165) is 25.7 Å². The van der Waals surface area contributed by atoms with Gasteiger partial charge >= 0.3 is 0 Å². The normalized spacial score (nSPS) is 15.9. The van der Waals surface area contributed by atoms with Gasteiger partial charge in [-0.25, -0.2) is 0 Å². The average molecular weight is 156 g/mol. The van der Waals surface area contributed by atoms with Crippen LogP contribution < -0.4 is 0 Å². The van der Waals surface area contributed by atoms with Gasteiger partial charge in [0.1, 0.15) is 0 Å². The van der Waals surface area contributed by atoms with Crippen LogP contribution in [0.5, 0.6) is 0 Å². The van der Waals surface area contributed by atoms with Crippen molar-refractivity contribution in [3.8, 4) is 0 Å². The molecule has 0 aliphatic carbocycles. The van der Waals surface area contributed by atoms with Crippen LogP contribution in [0.15, 0.2) is 12.7 Å². The molecule has 0 saturated heterocycles. The Morgan fingerprint density at radius 3 is 2.64 bits per heavy atom. The second-order valence-corrected chi connectivity index (χ2v) is 3.27. The SMILES string of the molecule is C=CCCC(C)C[C@@H](O)CC. The molecule has 0 aliphatic heterocycles. The second kappa shape index (κ2) is 6.41. The molecule has 0 saturated carbocycles. The van der Waals surface area contributed by atoms with Crippen LogP contribution in [-0.4, -0.2) is 11.2 Å². The van der Waals surface area contributed by atoms with Gasteiger partial charge in [0.2, 0.25) is 0 Å². The lowest BCUT2D eigenvalue weighted by Crippen LogP contribution is -2.09. The molecule has 0 aliphatic rings. The lowest BCUT2D eigenvalue weighted by molar-refractivity contribution is 0.139. The second-order valence-electron chi connectivity index (χ2n) is 3.27. The third-order valence-electron chi connectivity index (χ3n) is 2.01. The first kappa shape index (κ1) is 10.7. The van der Waals surface area contributed by atoms with Gasteiger partial charge in [0.05, 0.1) is 6.10 Å². The molecule has 0 rings (SSSR count). The van der Waals surface area contributed by atoms with Crippen LogP contribution in [0.2, 0.25) is 0 Å². The minimum absolute atomic E-state index is 0.102. The Labute approximate surface area is 70.1 Å². The van der Waals surface area contributed by atoms with Crippen LogP contribution in [0, 0.1) is 5.92 Å². The van der Waals surface area contributed by atoms with Gasteiger partial charge in [0.25, 0.3) is 0 Å². The Morgan fingerprint density at radius 1 is 1.55 bits per heavy atom. The largest absolute Gasteiger partial charge is 0.393 e. The summed E-state index contributed by atoms with van der Waals surface area (Å²) in [6, 6.07) is 0. The van der Waals surface area contributed by atoms with Crippen LogP contribution >= 0.6 is 0 Å². The molecular weight excluding hydrogens is 136 g/mol. The Bertz CT molecular complexity index is 99.0. The molecule has 2 atom stereocenters. The van der Waals surface area contributed by atoms with Gasteiger partial charge in [-0.3, -0.25) is 0 Å². The summed E-state index contributed by atoms with van der Waals surface area (Å²) in [5.74, 6) is 0.628. The van der Waals surface area contributed by atoms with Gasteiger partial charge in [-0.1, -0.05) is 19.9 Å². The maximum absolute atomic E-state index is 9.30. The van der Waals surface area contributed by atoms with E-state index in [4.69, 9.17) is 0 Å². The lowest BCUT2D eigenvalue weighted by atomic mass is 9.97. The molecule has 1 N–H and O–H groups in total. The van der Waals surface area contributed by atoms with Gasteiger partial charge in [-0.05, 0) is 31.6 Å². The van der Waals surface area contributed by atoms with E-state index >= 15 is 0 Å². The summed E-state index contributed by atoms with van der Waals surface area (Å²) in [6.45, 7) is 7.87. The number of allylic oxidation sites excluding steroid dienone is 1. The molecular formula is C10H20O. The summed E-state index contributed by atoms with van der Waals surface area (Å²) in [4.78, 5) is 0. The van der Waals surface area contributed by atoms with Crippen LogP contribution in [-0.2, 0) is 0 Å². The van der Waals surface area contributed by atoms with E-state index in [-0.39, 0.29) is 6.10 Å². The predicted octanol–water partition coefficient (Wildman–Crippen LogP) is 2.75. The molecule has 0 radical (unpaired) electrons. The molecule has 66 valence electrons. The number of aliphatic hydroxyl groups is 1. The van der Waals surface area contributed by atoms with E-state index < -0.39 is 0 Å². The smallest absolute Gasteiger partial charge is 0.0540 e. The minimum atomic E-state index is -0.102. The third kappa shape index (κ3) is 6.11. The van der Waals surface area contributed by atoms with Crippen molar-refractivity contribution in [2.24, 2.45) is 5.92 Å². The first-order chi connectivity index (χ1) is 5.20. The van der Waals surface area contributed by atoms with Gasteiger partial charge in [-0.15, -0.1) is 6.58 Å². The summed E-state index contributed by atoms with van der Waals surface area (Å²) >= 11 is 0. The zero-order chi connectivity index (χ0) is 8.69. The highest BCUT2D eigenvalue weighted by Gasteiger charge is 2.06. The molecule has 0 aromatic heterocycles. The monoisotopic (exact) mass is 156 g/mol. The minimum Gasteiger partial charge on any atom is -0.393 e. The fourth-order valence-electron chi connectivity index (χ4n) is 1.15. The van der Waals surface area contributed by atoms with Crippen molar-refractivity contribution in [2.75, 3.05) is 0 Å². The van der Waals surface area contributed by atoms with Crippen LogP contribution in [0.4, 0.5) is 0 Å². The highest BCUT2D eigenvalue weighted by Crippen LogP contribution is 2.14. The topological polar surface area (TPSA) is 20.2 Å². The quantitative estimate of drug-likeness (QED) is 0.586. The Hall–Kier alpha value is -0.300. The molecule has 1 unspecified atom stereocenters. The highest BCUT2D eigenvalue weighted by molar-refractivity contribution is 4.69. The maximum atomic E-state index is 9.30. The molecule has 11 heavy (non-hydrogen) atoms. The van der Waals surface area contributed by atoms with E-state index in [0.29, 0.717) is 5.92 Å². The third-order valence-corrected chi connectivity index (χ3v) is 2.01. The van der Waals surface area contributed by atoms with Crippen molar-refractivity contribution < 1.29 is 5.11 Å². The Morgan fingerprint density at radius 2 is 2.18 bits per heavy atom. The summed E-state index contributed by atoms with van der Waals surface area (Å²) < 4.78 is 0. The number of hydrogen-bond donors (Lipinski definition) is 1. The molecule has 0 aromatic carbocycles. The van der Waals surface area contributed by atoms with Crippen molar-refractivity contribution in [3.63, 3.8) is 0 Å². The molecule has 0 aromatic rings. The summed E-state index contributed by atoms with van der Waals surface area (Å²) in [6.07, 6.45) is 5.87. The van der Waals surface area contributed by atoms with Gasteiger partial charge in [0, 0.05) is 0 Å². The number of aliphatic hydroxyl groups excluding tert-OH is 1. The Balaban J connectivity index is 3.34. The zero-order valence-electron chi connectivity index (χ0n) is 7.71. The van der Waals surface area contributed by atoms with E-state index in [1.54, 1.807) is 0 Å². The van der Waals surface area contributed by atoms with Crippen molar-refractivity contribution >= 4 is 0 Å². The lowest BCUT2D eigenvalue weighted by Gasteiger charge is -2.13. The Kier molecular flexibility index (Phi) is 6.24. The fourth-order valence-corrected chi connectivity index (χ4v) is 1.15. The number of rotatable bonds is 6. The zero-order valence-corrected chi connectivity index (χ0v) is 7.71. The van der Waals surface area contributed by atoms with Crippen molar-refractivity contribution in [1.29, 1.82) is 0 Å². The fraction of sp³-hybridized carbons (Fsp3) is 0.800. The summed E-state index contributed by atoms with van der Waals surface area (Å²) in [5, 5.41) is 9.30. The van der Waals surface area contributed by atoms with E-state index in [1.807, 2.05) is 13.0 Å². The van der Waals surface area contributed by atoms with Crippen molar-refractivity contribution in [1.82, 2.24) is 0 Å². The van der Waals surface area contributed by atoms with Crippen LogP contribution in [0.1, 0.15) is 39.5 Å². The van der Waals surface area contributed by atoms with Gasteiger partial charge < -0.3 is 5.11 Å². The summed E-state index contributed by atoms with van der Waals surface area (Å²) in [7, 11) is 0. The molecule has 1 heteroatoms. The standard InChI is InChI=1S/C10H20O/c1-4-6-7-9(3)8-10(11)5-2/h4,9-11H,1,5-8H2,2-3H3/t9?,10-/m0/s1. The molecule has 0 heterocycles. The first-order valence-electron chi connectivity index (χ1n) is 4.49. The van der Waals surface area contributed by atoms with E-state index in [2.05, 4.69) is 13.5 Å². The van der Waals surface area contributed by atoms with Crippen molar-refractivity contribution in [3.05, 3.63) is 12.7 Å². The van der Waals surface area contributed by atoms with Crippen molar-refractivity contribution in [2.45, 2.75) is 45.6 Å². The molecule has 0 fully saturated rings. The predicted molar refractivity (Wildman–Crippen MR) is 49.5 cm³/mol. The van der Waals surface area contributed by atoms with Crippen LogP contribution in [0.25, 0.3) is 0 Å². The highest BCUT2D eigenvalue weighted by atomic mass is 16.3. The number of hydrogen-bond acceptors (Lipinski definition) is 1. The van der Waals surface area contributed by atoms with Crippen LogP contribution in [0.3, 0.4) is 0 Å².